The van der Waals surface area contributed by atoms with E-state index in [4.69, 9.17) is 15.6 Å². The molecule has 0 N–H and O–H groups in total. The SMILES string of the molecule is C#CCN1C(=O)COc2cc(F)c(-n3c(=O)oc4ccccc4c3=O)cc21. The van der Waals surface area contributed by atoms with Gasteiger partial charge in [0, 0.05) is 6.07 Å². The quantitative estimate of drug-likeness (QED) is 0.641. The van der Waals surface area contributed by atoms with Crippen LogP contribution in [0.3, 0.4) is 0 Å². The normalized spacial score (nSPS) is 13.2. The summed E-state index contributed by atoms with van der Waals surface area (Å²) < 4.78 is 25.6. The van der Waals surface area contributed by atoms with Crippen molar-refractivity contribution in [1.82, 2.24) is 4.57 Å². The average molecular weight is 366 g/mol. The van der Waals surface area contributed by atoms with E-state index < -0.39 is 23.0 Å². The van der Waals surface area contributed by atoms with Gasteiger partial charge >= 0.3 is 5.76 Å². The van der Waals surface area contributed by atoms with Gasteiger partial charge in [-0.2, -0.15) is 0 Å². The summed E-state index contributed by atoms with van der Waals surface area (Å²) in [5, 5.41) is 0.113. The van der Waals surface area contributed by atoms with Crippen molar-refractivity contribution in [3.63, 3.8) is 0 Å². The minimum atomic E-state index is -1.05. The maximum Gasteiger partial charge on any atom is 0.427 e. The number of terminal acetylenes is 1. The summed E-state index contributed by atoms with van der Waals surface area (Å²) in [5.74, 6) is 0.0706. The Kier molecular flexibility index (Phi) is 3.78. The number of hydrogen-bond acceptors (Lipinski definition) is 5. The van der Waals surface area contributed by atoms with Crippen molar-refractivity contribution in [2.45, 2.75) is 0 Å². The number of fused-ring (bicyclic) bond motifs is 2. The highest BCUT2D eigenvalue weighted by atomic mass is 19.1. The fourth-order valence-electron chi connectivity index (χ4n) is 2.93. The minimum absolute atomic E-state index is 0.0680. The van der Waals surface area contributed by atoms with Crippen LogP contribution >= 0.6 is 0 Å². The Labute approximate surface area is 151 Å². The lowest BCUT2D eigenvalue weighted by molar-refractivity contribution is -0.121. The van der Waals surface area contributed by atoms with Crippen LogP contribution in [-0.4, -0.2) is 23.6 Å². The number of amides is 1. The molecule has 7 nitrogen and oxygen atoms in total. The number of carbonyl (C=O) groups excluding carboxylic acids is 1. The fraction of sp³-hybridized carbons (Fsp3) is 0.105. The van der Waals surface area contributed by atoms with Crippen molar-refractivity contribution in [2.24, 2.45) is 0 Å². The molecule has 2 aromatic carbocycles. The summed E-state index contributed by atoms with van der Waals surface area (Å²) in [5.41, 5.74) is -0.847. The number of nitrogens with zero attached hydrogens (tertiary/aromatic N) is 2. The van der Waals surface area contributed by atoms with Gasteiger partial charge in [-0.1, -0.05) is 18.1 Å². The van der Waals surface area contributed by atoms with E-state index in [9.17, 15) is 18.8 Å². The zero-order chi connectivity index (χ0) is 19.1. The first-order valence-electron chi connectivity index (χ1n) is 7.86. The minimum Gasteiger partial charge on any atom is -0.481 e. The third kappa shape index (κ3) is 2.57. The Bertz CT molecular complexity index is 1250. The number of ether oxygens (including phenoxy) is 1. The summed E-state index contributed by atoms with van der Waals surface area (Å²) in [6.07, 6.45) is 5.29. The molecule has 0 spiro atoms. The third-order valence-electron chi connectivity index (χ3n) is 4.16. The van der Waals surface area contributed by atoms with Gasteiger partial charge in [-0.15, -0.1) is 6.42 Å². The molecule has 1 aliphatic rings. The van der Waals surface area contributed by atoms with Gasteiger partial charge in [0.05, 0.1) is 23.3 Å². The van der Waals surface area contributed by atoms with Crippen LogP contribution in [-0.2, 0) is 4.79 Å². The van der Waals surface area contributed by atoms with E-state index in [1.54, 1.807) is 12.1 Å². The van der Waals surface area contributed by atoms with Gasteiger partial charge in [0.15, 0.2) is 12.4 Å². The van der Waals surface area contributed by atoms with Crippen LogP contribution in [0.25, 0.3) is 16.7 Å². The molecule has 134 valence electrons. The molecule has 0 unspecified atom stereocenters. The molecular formula is C19H11FN2O5. The first kappa shape index (κ1) is 16.6. The molecule has 0 bridgehead atoms. The zero-order valence-corrected chi connectivity index (χ0v) is 13.8. The van der Waals surface area contributed by atoms with Crippen LogP contribution in [0.15, 0.2) is 50.4 Å². The van der Waals surface area contributed by atoms with E-state index in [1.807, 2.05) is 0 Å². The first-order valence-corrected chi connectivity index (χ1v) is 7.86. The molecule has 0 aliphatic carbocycles. The van der Waals surface area contributed by atoms with Gasteiger partial charge in [0.2, 0.25) is 0 Å². The number of benzene rings is 2. The third-order valence-corrected chi connectivity index (χ3v) is 4.16. The van der Waals surface area contributed by atoms with Gasteiger partial charge in [-0.05, 0) is 18.2 Å². The molecule has 0 atom stereocenters. The van der Waals surface area contributed by atoms with Crippen molar-refractivity contribution in [3.8, 4) is 23.8 Å². The summed E-state index contributed by atoms with van der Waals surface area (Å²) in [6, 6.07) is 8.30. The van der Waals surface area contributed by atoms with Gasteiger partial charge < -0.3 is 9.15 Å². The predicted octanol–water partition coefficient (Wildman–Crippen LogP) is 1.44. The summed E-state index contributed by atoms with van der Waals surface area (Å²) in [4.78, 5) is 38.3. The van der Waals surface area contributed by atoms with E-state index in [2.05, 4.69) is 5.92 Å². The number of hydrogen-bond donors (Lipinski definition) is 0. The van der Waals surface area contributed by atoms with E-state index >= 15 is 0 Å². The maximum absolute atomic E-state index is 14.7. The van der Waals surface area contributed by atoms with Crippen molar-refractivity contribution < 1.29 is 18.3 Å². The van der Waals surface area contributed by atoms with Crippen LogP contribution in [0.1, 0.15) is 0 Å². The second-order valence-corrected chi connectivity index (χ2v) is 5.75. The second kappa shape index (κ2) is 6.14. The van der Waals surface area contributed by atoms with Crippen LogP contribution in [0.2, 0.25) is 0 Å². The fourth-order valence-corrected chi connectivity index (χ4v) is 2.93. The predicted molar refractivity (Wildman–Crippen MR) is 94.7 cm³/mol. The maximum atomic E-state index is 14.7. The van der Waals surface area contributed by atoms with Crippen molar-refractivity contribution >= 4 is 22.6 Å². The van der Waals surface area contributed by atoms with Crippen molar-refractivity contribution in [1.29, 1.82) is 0 Å². The summed E-state index contributed by atoms with van der Waals surface area (Å²) in [6.45, 7) is -0.354. The largest absolute Gasteiger partial charge is 0.481 e. The molecule has 1 aliphatic heterocycles. The lowest BCUT2D eigenvalue weighted by Crippen LogP contribution is -2.39. The Balaban J connectivity index is 2.00. The summed E-state index contributed by atoms with van der Waals surface area (Å²) >= 11 is 0. The van der Waals surface area contributed by atoms with E-state index in [0.29, 0.717) is 4.57 Å². The molecule has 3 aromatic rings. The van der Waals surface area contributed by atoms with E-state index in [1.165, 1.54) is 23.1 Å². The molecule has 0 radical (unpaired) electrons. The van der Waals surface area contributed by atoms with Gasteiger partial charge in [0.25, 0.3) is 11.5 Å². The second-order valence-electron chi connectivity index (χ2n) is 5.75. The van der Waals surface area contributed by atoms with Gasteiger partial charge in [-0.3, -0.25) is 14.5 Å². The highest BCUT2D eigenvalue weighted by molar-refractivity contribution is 5.98. The van der Waals surface area contributed by atoms with Crippen molar-refractivity contribution in [2.75, 3.05) is 18.1 Å². The number of rotatable bonds is 2. The molecule has 1 amide bonds. The topological polar surface area (TPSA) is 81.8 Å². The van der Waals surface area contributed by atoms with Gasteiger partial charge in [0.1, 0.15) is 11.3 Å². The zero-order valence-electron chi connectivity index (χ0n) is 13.8. The molecule has 4 rings (SSSR count). The van der Waals surface area contributed by atoms with E-state index in [-0.39, 0.29) is 41.2 Å². The smallest absolute Gasteiger partial charge is 0.427 e. The van der Waals surface area contributed by atoms with Gasteiger partial charge in [-0.25, -0.2) is 13.8 Å². The lowest BCUT2D eigenvalue weighted by atomic mass is 10.2. The number of anilines is 1. The number of aromatic nitrogens is 1. The first-order chi connectivity index (χ1) is 13.0. The van der Waals surface area contributed by atoms with Crippen LogP contribution < -0.4 is 21.0 Å². The molecule has 27 heavy (non-hydrogen) atoms. The molecule has 2 heterocycles. The van der Waals surface area contributed by atoms with Crippen LogP contribution in [0.4, 0.5) is 10.1 Å². The molecule has 0 saturated heterocycles. The van der Waals surface area contributed by atoms with Crippen molar-refractivity contribution in [3.05, 3.63) is 63.1 Å². The Morgan fingerprint density at radius 2 is 1.93 bits per heavy atom. The molecule has 8 heteroatoms. The highest BCUT2D eigenvalue weighted by Crippen LogP contribution is 2.35. The monoisotopic (exact) mass is 366 g/mol. The number of para-hydroxylation sites is 1. The number of halogens is 1. The molecule has 0 fully saturated rings. The standard InChI is InChI=1S/C19H11FN2O5/c1-2-7-21-14-9-13(12(20)8-16(14)26-10-17(21)23)22-18(24)11-5-3-4-6-15(11)27-19(22)25/h1,3-6,8-9H,7,10H2. The average Bonchev–Trinajstić information content (AvgIpc) is 2.65. The molecule has 1 aromatic heterocycles. The Hall–Kier alpha value is -3.86. The Morgan fingerprint density at radius 1 is 1.15 bits per heavy atom. The van der Waals surface area contributed by atoms with Crippen LogP contribution in [0.5, 0.6) is 5.75 Å². The Morgan fingerprint density at radius 3 is 2.70 bits per heavy atom. The highest BCUT2D eigenvalue weighted by Gasteiger charge is 2.28. The summed E-state index contributed by atoms with van der Waals surface area (Å²) in [7, 11) is 0. The van der Waals surface area contributed by atoms with E-state index in [0.717, 1.165) is 6.07 Å². The lowest BCUT2D eigenvalue weighted by Gasteiger charge is -2.28. The molecular weight excluding hydrogens is 355 g/mol. The molecule has 0 saturated carbocycles. The van der Waals surface area contributed by atoms with Crippen LogP contribution in [0, 0.1) is 18.2 Å². The number of carbonyl (C=O) groups is 1.